The van der Waals surface area contributed by atoms with Gasteiger partial charge in [-0.1, -0.05) is 36.2 Å². The van der Waals surface area contributed by atoms with Gasteiger partial charge in [0.1, 0.15) is 0 Å². The smallest absolute Gasteiger partial charge is 0.301 e. The van der Waals surface area contributed by atoms with Gasteiger partial charge in [0, 0.05) is 13.6 Å². The normalized spacial score (nSPS) is 11.9. The largest absolute Gasteiger partial charge is 0.317 e. The second kappa shape index (κ2) is 8.80. The Morgan fingerprint density at radius 1 is 1.19 bits per heavy atom. The average Bonchev–Trinajstić information content (AvgIpc) is 2.42. The van der Waals surface area contributed by atoms with E-state index in [1.54, 1.807) is 18.2 Å². The number of rotatable bonds is 9. The summed E-state index contributed by atoms with van der Waals surface area (Å²) in [5.74, 6) is 0. The fourth-order valence-corrected chi connectivity index (χ4v) is 3.26. The molecule has 0 bridgehead atoms. The Bertz CT molecular complexity index is 532. The summed E-state index contributed by atoms with van der Waals surface area (Å²) in [5.41, 5.74) is 0.205. The van der Waals surface area contributed by atoms with Crippen LogP contribution in [0, 0.1) is 0 Å². The van der Waals surface area contributed by atoms with Gasteiger partial charge >= 0.3 is 10.2 Å². The number of halogens is 2. The number of anilines is 1. The fourth-order valence-electron chi connectivity index (χ4n) is 1.65. The number of nitrogens with zero attached hydrogens (tertiary/aromatic N) is 1. The van der Waals surface area contributed by atoms with Crippen LogP contribution >= 0.6 is 23.2 Å². The lowest BCUT2D eigenvalue weighted by Gasteiger charge is -2.19. The predicted octanol–water partition coefficient (Wildman–Crippen LogP) is 2.97. The van der Waals surface area contributed by atoms with E-state index in [0.717, 1.165) is 25.9 Å². The number of para-hydroxylation sites is 1. The molecule has 0 saturated heterocycles. The van der Waals surface area contributed by atoms with Gasteiger partial charge in [0.15, 0.2) is 0 Å². The average molecular weight is 354 g/mol. The van der Waals surface area contributed by atoms with E-state index in [0.29, 0.717) is 6.54 Å². The molecule has 0 amide bonds. The highest BCUT2D eigenvalue weighted by Crippen LogP contribution is 2.30. The molecule has 0 aromatic heterocycles. The molecule has 8 heteroatoms. The molecular weight excluding hydrogens is 333 g/mol. The van der Waals surface area contributed by atoms with Crippen LogP contribution in [0.5, 0.6) is 0 Å². The molecule has 1 aromatic rings. The summed E-state index contributed by atoms with van der Waals surface area (Å²) in [7, 11) is -2.14. The number of hydrogen-bond donors (Lipinski definition) is 2. The van der Waals surface area contributed by atoms with Gasteiger partial charge in [-0.25, -0.2) is 0 Å². The maximum absolute atomic E-state index is 12.2. The van der Waals surface area contributed by atoms with Gasteiger partial charge in [-0.2, -0.15) is 12.7 Å². The second-order valence-corrected chi connectivity index (χ2v) is 7.22. The minimum atomic E-state index is -3.66. The first-order chi connectivity index (χ1) is 9.88. The van der Waals surface area contributed by atoms with Crippen molar-refractivity contribution >= 4 is 39.1 Å². The Hall–Kier alpha value is -0.530. The molecule has 21 heavy (non-hydrogen) atoms. The van der Waals surface area contributed by atoms with Crippen LogP contribution in [0.25, 0.3) is 0 Å². The van der Waals surface area contributed by atoms with Gasteiger partial charge in [0.2, 0.25) is 0 Å². The summed E-state index contributed by atoms with van der Waals surface area (Å²) in [5, 5.41) is 3.76. The standard InChI is InChI=1S/C13H21Cl2N3O2S/c1-3-8-16-9-5-10-18(2)21(19,20)17-13-11(14)6-4-7-12(13)15/h4,6-7,16-17H,3,5,8-10H2,1-2H3. The van der Waals surface area contributed by atoms with Crippen molar-refractivity contribution in [3.8, 4) is 0 Å². The Morgan fingerprint density at radius 2 is 1.81 bits per heavy atom. The van der Waals surface area contributed by atoms with E-state index in [1.165, 1.54) is 11.4 Å². The molecule has 1 aromatic carbocycles. The summed E-state index contributed by atoms with van der Waals surface area (Å²) < 4.78 is 28.1. The molecule has 0 radical (unpaired) electrons. The van der Waals surface area contributed by atoms with Crippen molar-refractivity contribution in [2.75, 3.05) is 31.4 Å². The van der Waals surface area contributed by atoms with Gasteiger partial charge < -0.3 is 5.32 Å². The van der Waals surface area contributed by atoms with Crippen LogP contribution in [-0.4, -0.2) is 39.4 Å². The van der Waals surface area contributed by atoms with Crippen LogP contribution in [0.4, 0.5) is 5.69 Å². The topological polar surface area (TPSA) is 61.4 Å². The molecule has 1 rings (SSSR count). The maximum atomic E-state index is 12.2. The minimum Gasteiger partial charge on any atom is -0.317 e. The van der Waals surface area contributed by atoms with Crippen molar-refractivity contribution in [1.82, 2.24) is 9.62 Å². The molecule has 0 atom stereocenters. The van der Waals surface area contributed by atoms with Gasteiger partial charge in [0.25, 0.3) is 0 Å². The zero-order chi connectivity index (χ0) is 15.9. The van der Waals surface area contributed by atoms with Crippen molar-refractivity contribution in [2.45, 2.75) is 19.8 Å². The molecule has 0 saturated carbocycles. The Balaban J connectivity index is 2.60. The molecule has 2 N–H and O–H groups in total. The third-order valence-corrected chi connectivity index (χ3v) is 4.95. The van der Waals surface area contributed by atoms with Crippen LogP contribution in [0.1, 0.15) is 19.8 Å². The Morgan fingerprint density at radius 3 is 2.38 bits per heavy atom. The molecule has 0 aliphatic carbocycles. The molecule has 120 valence electrons. The lowest BCUT2D eigenvalue weighted by atomic mass is 10.3. The predicted molar refractivity (Wildman–Crippen MR) is 89.4 cm³/mol. The third kappa shape index (κ3) is 6.00. The van der Waals surface area contributed by atoms with E-state index in [9.17, 15) is 8.42 Å². The van der Waals surface area contributed by atoms with E-state index >= 15 is 0 Å². The van der Waals surface area contributed by atoms with Crippen molar-refractivity contribution in [2.24, 2.45) is 0 Å². The van der Waals surface area contributed by atoms with Crippen molar-refractivity contribution in [3.63, 3.8) is 0 Å². The molecule has 0 aliphatic heterocycles. The molecule has 0 spiro atoms. The summed E-state index contributed by atoms with van der Waals surface area (Å²) in [6, 6.07) is 4.82. The molecule has 0 unspecified atom stereocenters. The van der Waals surface area contributed by atoms with E-state index in [1.807, 2.05) is 0 Å². The lowest BCUT2D eigenvalue weighted by molar-refractivity contribution is 0.458. The van der Waals surface area contributed by atoms with Crippen molar-refractivity contribution < 1.29 is 8.42 Å². The fraction of sp³-hybridized carbons (Fsp3) is 0.538. The van der Waals surface area contributed by atoms with Gasteiger partial charge in [0.05, 0.1) is 15.7 Å². The summed E-state index contributed by atoms with van der Waals surface area (Å²) in [6.07, 6.45) is 1.79. The quantitative estimate of drug-likeness (QED) is 0.671. The minimum absolute atomic E-state index is 0.205. The first-order valence-corrected chi connectivity index (χ1v) is 8.97. The highest BCUT2D eigenvalue weighted by molar-refractivity contribution is 7.90. The maximum Gasteiger partial charge on any atom is 0.301 e. The van der Waals surface area contributed by atoms with Gasteiger partial charge in [-0.15, -0.1) is 0 Å². The van der Waals surface area contributed by atoms with E-state index in [2.05, 4.69) is 17.0 Å². The molecule has 5 nitrogen and oxygen atoms in total. The monoisotopic (exact) mass is 353 g/mol. The SMILES string of the molecule is CCCNCCCN(C)S(=O)(=O)Nc1c(Cl)cccc1Cl. The van der Waals surface area contributed by atoms with Crippen LogP contribution < -0.4 is 10.0 Å². The van der Waals surface area contributed by atoms with Gasteiger partial charge in [-0.3, -0.25) is 4.72 Å². The van der Waals surface area contributed by atoms with Gasteiger partial charge in [-0.05, 0) is 38.1 Å². The van der Waals surface area contributed by atoms with Crippen LogP contribution in [0.2, 0.25) is 10.0 Å². The Labute approximate surface area is 136 Å². The first kappa shape index (κ1) is 18.5. The van der Waals surface area contributed by atoms with Crippen LogP contribution in [0.15, 0.2) is 18.2 Å². The van der Waals surface area contributed by atoms with Crippen LogP contribution in [0.3, 0.4) is 0 Å². The molecule has 0 fully saturated rings. The highest BCUT2D eigenvalue weighted by Gasteiger charge is 2.19. The lowest BCUT2D eigenvalue weighted by Crippen LogP contribution is -2.34. The summed E-state index contributed by atoms with van der Waals surface area (Å²) in [4.78, 5) is 0. The zero-order valence-electron chi connectivity index (χ0n) is 12.2. The molecule has 0 aliphatic rings. The zero-order valence-corrected chi connectivity index (χ0v) is 14.5. The highest BCUT2D eigenvalue weighted by atomic mass is 35.5. The molecular formula is C13H21Cl2N3O2S. The van der Waals surface area contributed by atoms with Crippen LogP contribution in [-0.2, 0) is 10.2 Å². The van der Waals surface area contributed by atoms with Crippen molar-refractivity contribution in [3.05, 3.63) is 28.2 Å². The second-order valence-electron chi connectivity index (χ2n) is 4.63. The first-order valence-electron chi connectivity index (χ1n) is 6.77. The number of benzene rings is 1. The van der Waals surface area contributed by atoms with Crippen molar-refractivity contribution in [1.29, 1.82) is 0 Å². The number of nitrogens with one attached hydrogen (secondary N) is 2. The Kier molecular flexibility index (Phi) is 7.76. The van der Waals surface area contributed by atoms with E-state index in [-0.39, 0.29) is 15.7 Å². The molecule has 0 heterocycles. The van der Waals surface area contributed by atoms with E-state index < -0.39 is 10.2 Å². The summed E-state index contributed by atoms with van der Waals surface area (Å²) in [6.45, 7) is 4.21. The third-order valence-electron chi connectivity index (χ3n) is 2.86. The van der Waals surface area contributed by atoms with E-state index in [4.69, 9.17) is 23.2 Å². The summed E-state index contributed by atoms with van der Waals surface area (Å²) >= 11 is 11.9. The number of hydrogen-bond acceptors (Lipinski definition) is 3.